The summed E-state index contributed by atoms with van der Waals surface area (Å²) in [5.41, 5.74) is 2.50. The molecule has 23 heavy (non-hydrogen) atoms. The molecule has 0 amide bonds. The van der Waals surface area contributed by atoms with Gasteiger partial charge in [-0.05, 0) is 17.7 Å². The second-order valence-corrected chi connectivity index (χ2v) is 5.79. The summed E-state index contributed by atoms with van der Waals surface area (Å²) in [4.78, 5) is 15.2. The lowest BCUT2D eigenvalue weighted by molar-refractivity contribution is 0.270. The summed E-state index contributed by atoms with van der Waals surface area (Å²) in [6, 6.07) is 4.17. The molecule has 0 bridgehead atoms. The van der Waals surface area contributed by atoms with Crippen LogP contribution in [-0.2, 0) is 26.1 Å². The third-order valence-electron chi connectivity index (χ3n) is 4.26. The van der Waals surface area contributed by atoms with Gasteiger partial charge in [0.2, 0.25) is 0 Å². The van der Waals surface area contributed by atoms with Gasteiger partial charge in [-0.3, -0.25) is 9.88 Å². The first-order valence-corrected chi connectivity index (χ1v) is 7.85. The molecule has 3 aromatic rings. The highest BCUT2D eigenvalue weighted by Crippen LogP contribution is 2.14. The van der Waals surface area contributed by atoms with Crippen LogP contribution in [-0.4, -0.2) is 47.3 Å². The van der Waals surface area contributed by atoms with Gasteiger partial charge < -0.3 is 4.57 Å². The number of pyridine rings is 1. The van der Waals surface area contributed by atoms with E-state index in [0.717, 1.165) is 45.0 Å². The predicted octanol–water partition coefficient (Wildman–Crippen LogP) is 0.976. The first-order valence-electron chi connectivity index (χ1n) is 7.85. The number of imidazole rings is 1. The van der Waals surface area contributed by atoms with Crippen molar-refractivity contribution in [1.29, 1.82) is 0 Å². The number of rotatable bonds is 4. The van der Waals surface area contributed by atoms with Crippen LogP contribution < -0.4 is 0 Å². The van der Waals surface area contributed by atoms with Gasteiger partial charge in [0, 0.05) is 45.0 Å². The Morgan fingerprint density at radius 2 is 1.91 bits per heavy atom. The zero-order valence-corrected chi connectivity index (χ0v) is 12.9. The highest BCUT2D eigenvalue weighted by molar-refractivity contribution is 5.11. The minimum absolute atomic E-state index is 0.720. The molecule has 0 spiro atoms. The van der Waals surface area contributed by atoms with Crippen molar-refractivity contribution >= 4 is 0 Å². The second kappa shape index (κ2) is 6.29. The first-order chi connectivity index (χ1) is 11.4. The normalized spacial score (nSPS) is 15.3. The Morgan fingerprint density at radius 3 is 2.74 bits per heavy atom. The molecular weight excluding hydrogens is 290 g/mol. The van der Waals surface area contributed by atoms with Crippen molar-refractivity contribution in [3.63, 3.8) is 0 Å². The topological polar surface area (TPSA) is 64.7 Å². The van der Waals surface area contributed by atoms with Crippen molar-refractivity contribution in [1.82, 2.24) is 34.2 Å². The fourth-order valence-corrected chi connectivity index (χ4v) is 3.05. The Bertz CT molecular complexity index is 748. The van der Waals surface area contributed by atoms with Crippen LogP contribution in [0.2, 0.25) is 0 Å². The van der Waals surface area contributed by atoms with E-state index in [1.807, 2.05) is 23.3 Å². The fraction of sp³-hybridized carbons (Fsp3) is 0.375. The molecule has 0 atom stereocenters. The molecule has 4 rings (SSSR count). The number of hydrogen-bond donors (Lipinski definition) is 0. The number of fused-ring (bicyclic) bond motifs is 1. The third-order valence-corrected chi connectivity index (χ3v) is 4.26. The average Bonchev–Trinajstić information content (AvgIpc) is 3.17. The molecule has 0 saturated heterocycles. The maximum Gasteiger partial charge on any atom is 0.137 e. The van der Waals surface area contributed by atoms with Crippen LogP contribution in [0.15, 0.2) is 43.4 Å². The maximum absolute atomic E-state index is 4.60. The van der Waals surface area contributed by atoms with E-state index in [-0.39, 0.29) is 0 Å². The summed E-state index contributed by atoms with van der Waals surface area (Å²) >= 11 is 0. The number of nitrogens with zero attached hydrogens (tertiary/aromatic N) is 7. The molecular formula is C16H19N7. The molecule has 0 radical (unpaired) electrons. The molecule has 0 N–H and O–H groups in total. The Hall–Kier alpha value is -2.54. The Labute approximate surface area is 134 Å². The van der Waals surface area contributed by atoms with Crippen LogP contribution in [0.3, 0.4) is 0 Å². The maximum atomic E-state index is 4.60. The minimum Gasteiger partial charge on any atom is -0.329 e. The number of hydrogen-bond acceptors (Lipinski definition) is 5. The van der Waals surface area contributed by atoms with E-state index in [1.165, 1.54) is 11.3 Å². The summed E-state index contributed by atoms with van der Waals surface area (Å²) < 4.78 is 4.16. The molecule has 0 aliphatic carbocycles. The zero-order chi connectivity index (χ0) is 15.5. The van der Waals surface area contributed by atoms with Gasteiger partial charge in [0.1, 0.15) is 18.5 Å². The van der Waals surface area contributed by atoms with Crippen molar-refractivity contribution in [2.75, 3.05) is 13.1 Å². The van der Waals surface area contributed by atoms with Gasteiger partial charge in [-0.1, -0.05) is 0 Å². The van der Waals surface area contributed by atoms with E-state index < -0.39 is 0 Å². The van der Waals surface area contributed by atoms with Crippen LogP contribution in [0.4, 0.5) is 0 Å². The smallest absolute Gasteiger partial charge is 0.137 e. The Kier molecular flexibility index (Phi) is 3.85. The molecule has 0 unspecified atom stereocenters. The summed E-state index contributed by atoms with van der Waals surface area (Å²) in [6.07, 6.45) is 9.96. The van der Waals surface area contributed by atoms with Crippen molar-refractivity contribution < 1.29 is 0 Å². The molecule has 118 valence electrons. The summed E-state index contributed by atoms with van der Waals surface area (Å²) in [5.74, 6) is 1.16. The summed E-state index contributed by atoms with van der Waals surface area (Å²) in [6.45, 7) is 4.70. The molecule has 1 aliphatic heterocycles. The Morgan fingerprint density at radius 1 is 1.00 bits per heavy atom. The van der Waals surface area contributed by atoms with Gasteiger partial charge in [-0.2, -0.15) is 5.10 Å². The van der Waals surface area contributed by atoms with Crippen molar-refractivity contribution in [2.45, 2.75) is 26.1 Å². The van der Waals surface area contributed by atoms with Gasteiger partial charge in [0.25, 0.3) is 0 Å². The molecule has 1 aliphatic rings. The van der Waals surface area contributed by atoms with Crippen LogP contribution in [0.1, 0.15) is 17.1 Å². The van der Waals surface area contributed by atoms with Crippen molar-refractivity contribution in [2.24, 2.45) is 0 Å². The SMILES string of the molecule is c1cc(CN2CCc3ncc(Cn4cncn4)n3CC2)ccn1. The lowest BCUT2D eigenvalue weighted by Gasteiger charge is -2.19. The van der Waals surface area contributed by atoms with E-state index in [2.05, 4.69) is 41.7 Å². The zero-order valence-electron chi connectivity index (χ0n) is 12.9. The second-order valence-electron chi connectivity index (χ2n) is 5.79. The van der Waals surface area contributed by atoms with Crippen LogP contribution >= 0.6 is 0 Å². The van der Waals surface area contributed by atoms with E-state index in [4.69, 9.17) is 0 Å². The van der Waals surface area contributed by atoms with Gasteiger partial charge >= 0.3 is 0 Å². The molecule has 0 aromatic carbocycles. The van der Waals surface area contributed by atoms with Crippen LogP contribution in [0, 0.1) is 0 Å². The summed E-state index contributed by atoms with van der Waals surface area (Å²) in [5, 5.41) is 4.18. The largest absolute Gasteiger partial charge is 0.329 e. The van der Waals surface area contributed by atoms with Crippen molar-refractivity contribution in [3.8, 4) is 0 Å². The van der Waals surface area contributed by atoms with Gasteiger partial charge in [0.05, 0.1) is 18.4 Å². The highest BCUT2D eigenvalue weighted by atomic mass is 15.3. The molecule has 3 aromatic heterocycles. The average molecular weight is 309 g/mol. The molecule has 7 nitrogen and oxygen atoms in total. The van der Waals surface area contributed by atoms with E-state index in [1.54, 1.807) is 12.7 Å². The van der Waals surface area contributed by atoms with Crippen LogP contribution in [0.5, 0.6) is 0 Å². The van der Waals surface area contributed by atoms with E-state index >= 15 is 0 Å². The van der Waals surface area contributed by atoms with Gasteiger partial charge in [-0.15, -0.1) is 0 Å². The standard InChI is InChI=1S/C16H19N7/c1-4-17-5-2-14(1)10-21-6-3-16-19-9-15(23(16)8-7-21)11-22-13-18-12-20-22/h1-2,4-5,9,12-13H,3,6-8,10-11H2. The van der Waals surface area contributed by atoms with E-state index in [0.29, 0.717) is 0 Å². The highest BCUT2D eigenvalue weighted by Gasteiger charge is 2.17. The minimum atomic E-state index is 0.720. The van der Waals surface area contributed by atoms with Gasteiger partial charge in [0.15, 0.2) is 0 Å². The van der Waals surface area contributed by atoms with E-state index in [9.17, 15) is 0 Å². The lowest BCUT2D eigenvalue weighted by atomic mass is 10.2. The predicted molar refractivity (Wildman–Crippen MR) is 84.6 cm³/mol. The third kappa shape index (κ3) is 3.14. The lowest BCUT2D eigenvalue weighted by Crippen LogP contribution is -2.26. The summed E-state index contributed by atoms with van der Waals surface area (Å²) in [7, 11) is 0. The van der Waals surface area contributed by atoms with Crippen LogP contribution in [0.25, 0.3) is 0 Å². The monoisotopic (exact) mass is 309 g/mol. The molecule has 7 heteroatoms. The van der Waals surface area contributed by atoms with Crippen molar-refractivity contribution in [3.05, 3.63) is 60.5 Å². The quantitative estimate of drug-likeness (QED) is 0.719. The number of aromatic nitrogens is 6. The molecule has 4 heterocycles. The molecule has 0 fully saturated rings. The fourth-order valence-electron chi connectivity index (χ4n) is 3.05. The molecule has 0 saturated carbocycles. The first kappa shape index (κ1) is 14.1. The Balaban J connectivity index is 1.45. The van der Waals surface area contributed by atoms with Gasteiger partial charge in [-0.25, -0.2) is 14.6 Å².